The number of amides is 1. The number of nitrogens with zero attached hydrogens (tertiary/aromatic N) is 3. The van der Waals surface area contributed by atoms with Gasteiger partial charge in [-0.25, -0.2) is 9.78 Å². The van der Waals surface area contributed by atoms with E-state index in [1.807, 2.05) is 13.0 Å². The first-order valence-electron chi connectivity index (χ1n) is 11.2. The minimum absolute atomic E-state index is 0.0524. The molecule has 5 rings (SSSR count). The standard InChI is InChI=1S/C26H20F3N5O3/c1-14-8-17-10-16(3-7-20(17)32-23(14)30)24(35)34(13-19-5-4-18(11-31-19)26(27,28)29)12-15-2-6-21-22(9-15)37-25(36)33-21/h2-11H,12-13H2,1H3,(H2,30,32)(H,33,36). The molecule has 0 saturated heterocycles. The number of H-pyrrole nitrogens is 1. The van der Waals surface area contributed by atoms with Crippen LogP contribution in [-0.2, 0) is 19.3 Å². The molecule has 1 amide bonds. The molecule has 0 aliphatic carbocycles. The van der Waals surface area contributed by atoms with Crippen molar-refractivity contribution in [2.45, 2.75) is 26.2 Å². The van der Waals surface area contributed by atoms with Crippen molar-refractivity contribution < 1.29 is 22.4 Å². The van der Waals surface area contributed by atoms with Crippen molar-refractivity contribution in [3.63, 3.8) is 0 Å². The van der Waals surface area contributed by atoms with Crippen LogP contribution < -0.4 is 11.5 Å². The lowest BCUT2D eigenvalue weighted by atomic mass is 10.1. The molecule has 3 N–H and O–H groups in total. The summed E-state index contributed by atoms with van der Waals surface area (Å²) in [6.07, 6.45) is -3.77. The molecule has 5 aromatic rings. The number of carbonyl (C=O) groups excluding carboxylic acids is 1. The second-order valence-corrected chi connectivity index (χ2v) is 8.64. The highest BCUT2D eigenvalue weighted by Crippen LogP contribution is 2.29. The van der Waals surface area contributed by atoms with Gasteiger partial charge in [-0.1, -0.05) is 6.07 Å². The number of aromatic nitrogens is 3. The number of nitrogens with one attached hydrogen (secondary N) is 1. The molecule has 3 heterocycles. The molecule has 2 aromatic carbocycles. The number of benzene rings is 2. The lowest BCUT2D eigenvalue weighted by Gasteiger charge is -2.23. The van der Waals surface area contributed by atoms with Crippen LogP contribution in [0.4, 0.5) is 19.0 Å². The Labute approximate surface area is 207 Å². The molecule has 0 fully saturated rings. The summed E-state index contributed by atoms with van der Waals surface area (Å²) in [4.78, 5) is 37.4. The van der Waals surface area contributed by atoms with Gasteiger partial charge in [-0.15, -0.1) is 0 Å². The summed E-state index contributed by atoms with van der Waals surface area (Å²) < 4.78 is 44.1. The van der Waals surface area contributed by atoms with Gasteiger partial charge in [0.2, 0.25) is 0 Å². The van der Waals surface area contributed by atoms with E-state index in [0.29, 0.717) is 33.6 Å². The summed E-state index contributed by atoms with van der Waals surface area (Å²) in [6, 6.07) is 14.0. The van der Waals surface area contributed by atoms with E-state index in [1.54, 1.807) is 36.4 Å². The third-order valence-corrected chi connectivity index (χ3v) is 5.94. The number of aryl methyl sites for hydroxylation is 1. The van der Waals surface area contributed by atoms with Gasteiger partial charge in [0.25, 0.3) is 5.91 Å². The molecule has 11 heteroatoms. The van der Waals surface area contributed by atoms with E-state index in [-0.39, 0.29) is 24.7 Å². The van der Waals surface area contributed by atoms with E-state index in [1.165, 1.54) is 11.0 Å². The van der Waals surface area contributed by atoms with E-state index in [2.05, 4.69) is 15.0 Å². The number of aromatic amines is 1. The number of hydrogen-bond acceptors (Lipinski definition) is 6. The smallest absolute Gasteiger partial charge is 0.408 e. The molecule has 37 heavy (non-hydrogen) atoms. The summed E-state index contributed by atoms with van der Waals surface area (Å²) in [5.41, 5.74) is 8.54. The predicted molar refractivity (Wildman–Crippen MR) is 131 cm³/mol. The predicted octanol–water partition coefficient (Wildman–Crippen LogP) is 4.82. The molecule has 0 radical (unpaired) electrons. The maximum Gasteiger partial charge on any atom is 0.417 e. The Kier molecular flexibility index (Phi) is 5.90. The van der Waals surface area contributed by atoms with Crippen LogP contribution in [0.5, 0.6) is 0 Å². The Balaban J connectivity index is 1.50. The number of carbonyl (C=O) groups is 1. The number of fused-ring (bicyclic) bond motifs is 2. The van der Waals surface area contributed by atoms with Gasteiger partial charge in [0, 0.05) is 23.7 Å². The molecule has 3 aromatic heterocycles. The van der Waals surface area contributed by atoms with Crippen molar-refractivity contribution in [1.29, 1.82) is 0 Å². The Hall–Kier alpha value is -4.67. The summed E-state index contributed by atoms with van der Waals surface area (Å²) >= 11 is 0. The molecule has 0 unspecified atom stereocenters. The average molecular weight is 507 g/mol. The van der Waals surface area contributed by atoms with Crippen LogP contribution in [0.1, 0.15) is 32.7 Å². The molecule has 0 atom stereocenters. The van der Waals surface area contributed by atoms with Crippen LogP contribution in [0, 0.1) is 6.92 Å². The summed E-state index contributed by atoms with van der Waals surface area (Å²) in [6.45, 7) is 1.85. The normalized spacial score (nSPS) is 11.8. The van der Waals surface area contributed by atoms with Crippen molar-refractivity contribution in [2.75, 3.05) is 5.73 Å². The minimum Gasteiger partial charge on any atom is -0.408 e. The van der Waals surface area contributed by atoms with E-state index >= 15 is 0 Å². The van der Waals surface area contributed by atoms with Crippen molar-refractivity contribution in [1.82, 2.24) is 19.9 Å². The van der Waals surface area contributed by atoms with Gasteiger partial charge < -0.3 is 15.1 Å². The van der Waals surface area contributed by atoms with Crippen molar-refractivity contribution in [3.8, 4) is 0 Å². The number of nitrogen functional groups attached to an aromatic ring is 1. The fourth-order valence-electron chi connectivity index (χ4n) is 4.00. The fourth-order valence-corrected chi connectivity index (χ4v) is 4.00. The topological polar surface area (TPSA) is 118 Å². The Morgan fingerprint density at radius 3 is 2.62 bits per heavy atom. The van der Waals surface area contributed by atoms with Gasteiger partial charge in [-0.3, -0.25) is 14.8 Å². The van der Waals surface area contributed by atoms with Crippen molar-refractivity contribution >= 4 is 33.7 Å². The molecular formula is C26H20F3N5O3. The number of pyridine rings is 2. The Morgan fingerprint density at radius 2 is 1.89 bits per heavy atom. The Bertz CT molecular complexity index is 1690. The molecule has 8 nitrogen and oxygen atoms in total. The van der Waals surface area contributed by atoms with E-state index in [0.717, 1.165) is 23.2 Å². The molecule has 0 spiro atoms. The van der Waals surface area contributed by atoms with Gasteiger partial charge in [0.1, 0.15) is 5.82 Å². The van der Waals surface area contributed by atoms with Crippen LogP contribution in [0.15, 0.2) is 70.0 Å². The third kappa shape index (κ3) is 5.01. The molecular weight excluding hydrogens is 487 g/mol. The van der Waals surface area contributed by atoms with E-state index in [9.17, 15) is 22.8 Å². The number of oxazole rings is 1. The van der Waals surface area contributed by atoms with Gasteiger partial charge in [0.05, 0.1) is 28.8 Å². The van der Waals surface area contributed by atoms with Crippen molar-refractivity contribution in [3.05, 3.63) is 99.3 Å². The maximum absolute atomic E-state index is 13.6. The van der Waals surface area contributed by atoms with Gasteiger partial charge in [-0.2, -0.15) is 13.2 Å². The zero-order chi connectivity index (χ0) is 26.3. The minimum atomic E-state index is -4.52. The van der Waals surface area contributed by atoms with Crippen molar-refractivity contribution in [2.24, 2.45) is 0 Å². The monoisotopic (exact) mass is 507 g/mol. The summed E-state index contributed by atoms with van der Waals surface area (Å²) in [5, 5.41) is 0.723. The number of hydrogen-bond donors (Lipinski definition) is 2. The number of rotatable bonds is 5. The van der Waals surface area contributed by atoms with Gasteiger partial charge in [0.15, 0.2) is 5.58 Å². The summed E-state index contributed by atoms with van der Waals surface area (Å²) in [5.74, 6) is -0.572. The summed E-state index contributed by atoms with van der Waals surface area (Å²) in [7, 11) is 0. The molecule has 0 aliphatic rings. The SMILES string of the molecule is Cc1cc2cc(C(=O)N(Cc3ccc4[nH]c(=O)oc4c3)Cc3ccc(C(F)(F)F)cn3)ccc2nc1N. The number of halogens is 3. The van der Waals surface area contributed by atoms with Crippen LogP contribution in [0.25, 0.3) is 22.0 Å². The average Bonchev–Trinajstić information content (AvgIpc) is 3.22. The highest BCUT2D eigenvalue weighted by molar-refractivity contribution is 5.98. The van der Waals surface area contributed by atoms with Crippen LogP contribution in [-0.4, -0.2) is 25.8 Å². The quantitative estimate of drug-likeness (QED) is 0.352. The van der Waals surface area contributed by atoms with Crippen LogP contribution in [0.2, 0.25) is 0 Å². The second-order valence-electron chi connectivity index (χ2n) is 8.64. The van der Waals surface area contributed by atoms with Crippen LogP contribution >= 0.6 is 0 Å². The lowest BCUT2D eigenvalue weighted by Crippen LogP contribution is -2.30. The molecule has 188 valence electrons. The maximum atomic E-state index is 13.6. The second kappa shape index (κ2) is 9.08. The zero-order valence-corrected chi connectivity index (χ0v) is 19.5. The van der Waals surface area contributed by atoms with Crippen LogP contribution in [0.3, 0.4) is 0 Å². The number of alkyl halides is 3. The highest BCUT2D eigenvalue weighted by atomic mass is 19.4. The third-order valence-electron chi connectivity index (χ3n) is 5.94. The van der Waals surface area contributed by atoms with Gasteiger partial charge >= 0.3 is 11.9 Å². The largest absolute Gasteiger partial charge is 0.417 e. The number of anilines is 1. The molecule has 0 bridgehead atoms. The first-order chi connectivity index (χ1) is 17.6. The number of nitrogens with two attached hydrogens (primary N) is 1. The first kappa shape index (κ1) is 24.0. The highest BCUT2D eigenvalue weighted by Gasteiger charge is 2.30. The molecule has 0 saturated carbocycles. The first-order valence-corrected chi connectivity index (χ1v) is 11.2. The zero-order valence-electron chi connectivity index (χ0n) is 19.5. The lowest BCUT2D eigenvalue weighted by molar-refractivity contribution is -0.137. The van der Waals surface area contributed by atoms with Gasteiger partial charge in [-0.05, 0) is 66.6 Å². The Morgan fingerprint density at radius 1 is 1.08 bits per heavy atom. The fraction of sp³-hybridized carbons (Fsp3) is 0.154. The van der Waals surface area contributed by atoms with E-state index < -0.39 is 17.5 Å². The molecule has 0 aliphatic heterocycles. The van der Waals surface area contributed by atoms with E-state index in [4.69, 9.17) is 10.2 Å².